The van der Waals surface area contributed by atoms with Crippen molar-refractivity contribution in [2.45, 2.75) is 6.92 Å². The summed E-state index contributed by atoms with van der Waals surface area (Å²) in [4.78, 5) is 28.5. The summed E-state index contributed by atoms with van der Waals surface area (Å²) in [5.74, 6) is 0.723. The van der Waals surface area contributed by atoms with Gasteiger partial charge in [0.15, 0.2) is 0 Å². The SMILES string of the molecule is COc1ccccc1-n1cc(C(=O)Nc2csc3nc(=O)c(C)nn23)cn1. The van der Waals surface area contributed by atoms with Crippen LogP contribution >= 0.6 is 11.3 Å². The number of rotatable bonds is 4. The smallest absolute Gasteiger partial charge is 0.295 e. The fraction of sp³-hybridized carbons (Fsp3) is 0.118. The number of thiazole rings is 1. The Hall–Kier alpha value is -3.53. The molecule has 0 saturated heterocycles. The van der Waals surface area contributed by atoms with E-state index >= 15 is 0 Å². The average Bonchev–Trinajstić information content (AvgIpc) is 3.30. The first-order valence-electron chi connectivity index (χ1n) is 7.91. The molecular formula is C17H14N6O3S. The van der Waals surface area contributed by atoms with Gasteiger partial charge in [0, 0.05) is 11.6 Å². The van der Waals surface area contributed by atoms with Crippen LogP contribution in [-0.2, 0) is 0 Å². The maximum Gasteiger partial charge on any atom is 0.295 e. The molecule has 0 aliphatic rings. The van der Waals surface area contributed by atoms with Gasteiger partial charge >= 0.3 is 0 Å². The first-order chi connectivity index (χ1) is 13.1. The molecule has 9 nitrogen and oxygen atoms in total. The van der Waals surface area contributed by atoms with Gasteiger partial charge in [0.1, 0.15) is 22.9 Å². The minimum atomic E-state index is -0.382. The number of methoxy groups -OCH3 is 1. The van der Waals surface area contributed by atoms with Gasteiger partial charge in [-0.25, -0.2) is 4.68 Å². The molecule has 136 valence electrons. The monoisotopic (exact) mass is 382 g/mol. The molecule has 1 aromatic carbocycles. The second-order valence-electron chi connectivity index (χ2n) is 5.62. The third kappa shape index (κ3) is 3.06. The topological polar surface area (TPSA) is 103 Å². The molecule has 3 heterocycles. The molecule has 3 aromatic heterocycles. The van der Waals surface area contributed by atoms with Gasteiger partial charge < -0.3 is 10.1 Å². The summed E-state index contributed by atoms with van der Waals surface area (Å²) in [5.41, 5.74) is 0.961. The molecule has 10 heteroatoms. The lowest BCUT2D eigenvalue weighted by Crippen LogP contribution is -2.18. The molecule has 0 saturated carbocycles. The van der Waals surface area contributed by atoms with Crippen LogP contribution in [0.3, 0.4) is 0 Å². The van der Waals surface area contributed by atoms with Crippen LogP contribution in [0.25, 0.3) is 10.6 Å². The normalized spacial score (nSPS) is 10.9. The predicted octanol–water partition coefficient (Wildman–Crippen LogP) is 1.91. The summed E-state index contributed by atoms with van der Waals surface area (Å²) >= 11 is 1.22. The number of carbonyl (C=O) groups is 1. The van der Waals surface area contributed by atoms with Crippen LogP contribution in [-0.4, -0.2) is 37.4 Å². The van der Waals surface area contributed by atoms with Crippen molar-refractivity contribution in [2.75, 3.05) is 12.4 Å². The molecule has 0 atom stereocenters. The quantitative estimate of drug-likeness (QED) is 0.578. The van der Waals surface area contributed by atoms with Crippen LogP contribution in [0.15, 0.2) is 46.8 Å². The second kappa shape index (κ2) is 6.65. The van der Waals surface area contributed by atoms with E-state index in [-0.39, 0.29) is 17.2 Å². The summed E-state index contributed by atoms with van der Waals surface area (Å²) in [6, 6.07) is 7.37. The summed E-state index contributed by atoms with van der Waals surface area (Å²) in [6.07, 6.45) is 3.08. The highest BCUT2D eigenvalue weighted by molar-refractivity contribution is 7.15. The molecule has 4 rings (SSSR count). The third-order valence-corrected chi connectivity index (χ3v) is 4.68. The Balaban J connectivity index is 1.62. The number of amides is 1. The summed E-state index contributed by atoms with van der Waals surface area (Å²) in [6.45, 7) is 1.57. The van der Waals surface area contributed by atoms with Crippen molar-refractivity contribution in [3.05, 3.63) is 63.7 Å². The van der Waals surface area contributed by atoms with E-state index < -0.39 is 0 Å². The van der Waals surface area contributed by atoms with Gasteiger partial charge in [-0.05, 0) is 19.1 Å². The number of benzene rings is 1. The number of fused-ring (bicyclic) bond motifs is 1. The number of hydrogen-bond donors (Lipinski definition) is 1. The van der Waals surface area contributed by atoms with Crippen LogP contribution in [0.1, 0.15) is 16.1 Å². The fourth-order valence-electron chi connectivity index (χ4n) is 2.50. The standard InChI is InChI=1S/C17H14N6O3S/c1-10-15(24)20-17-23(21-10)14(9-27-17)19-16(25)11-7-18-22(8-11)12-5-3-4-6-13(12)26-2/h3-9H,1-2H3,(H,19,25). The van der Waals surface area contributed by atoms with Crippen LogP contribution in [0.4, 0.5) is 5.82 Å². The van der Waals surface area contributed by atoms with E-state index in [1.54, 1.807) is 30.3 Å². The first-order valence-corrected chi connectivity index (χ1v) is 8.79. The number of ether oxygens (including phenoxy) is 1. The van der Waals surface area contributed by atoms with Crippen LogP contribution in [0.5, 0.6) is 5.75 Å². The number of aromatic nitrogens is 5. The van der Waals surface area contributed by atoms with Gasteiger partial charge in [0.2, 0.25) is 4.96 Å². The van der Waals surface area contributed by atoms with Gasteiger partial charge in [-0.2, -0.15) is 19.7 Å². The lowest BCUT2D eigenvalue weighted by atomic mass is 10.3. The van der Waals surface area contributed by atoms with E-state index in [2.05, 4.69) is 20.5 Å². The zero-order valence-electron chi connectivity index (χ0n) is 14.4. The maximum atomic E-state index is 12.6. The van der Waals surface area contributed by atoms with Crippen LogP contribution in [0.2, 0.25) is 0 Å². The Bertz CT molecular complexity index is 1210. The molecule has 1 N–H and O–H groups in total. The van der Waals surface area contributed by atoms with E-state index in [9.17, 15) is 9.59 Å². The predicted molar refractivity (Wildman–Crippen MR) is 99.9 cm³/mol. The summed E-state index contributed by atoms with van der Waals surface area (Å²) in [5, 5.41) is 12.8. The summed E-state index contributed by atoms with van der Waals surface area (Å²) < 4.78 is 8.32. The number of nitrogens with zero attached hydrogens (tertiary/aromatic N) is 5. The summed E-state index contributed by atoms with van der Waals surface area (Å²) in [7, 11) is 1.57. The molecule has 0 bridgehead atoms. The van der Waals surface area contributed by atoms with Gasteiger partial charge in [0.25, 0.3) is 11.5 Å². The van der Waals surface area contributed by atoms with Crippen molar-refractivity contribution >= 4 is 28.0 Å². The van der Waals surface area contributed by atoms with Gasteiger partial charge in [0.05, 0.1) is 18.9 Å². The van der Waals surface area contributed by atoms with Crippen molar-refractivity contribution in [1.29, 1.82) is 0 Å². The van der Waals surface area contributed by atoms with E-state index in [4.69, 9.17) is 4.74 Å². The minimum Gasteiger partial charge on any atom is -0.494 e. The van der Waals surface area contributed by atoms with E-state index in [1.807, 2.05) is 24.3 Å². The minimum absolute atomic E-state index is 0.255. The number of carbonyl (C=O) groups excluding carboxylic acids is 1. The van der Waals surface area contributed by atoms with E-state index in [0.29, 0.717) is 22.1 Å². The lowest BCUT2D eigenvalue weighted by molar-refractivity contribution is 0.102. The Kier molecular flexibility index (Phi) is 4.16. The van der Waals surface area contributed by atoms with E-state index in [1.165, 1.54) is 22.0 Å². The number of aryl methyl sites for hydroxylation is 1. The van der Waals surface area contributed by atoms with Crippen molar-refractivity contribution in [3.8, 4) is 11.4 Å². The van der Waals surface area contributed by atoms with Crippen LogP contribution in [0, 0.1) is 6.92 Å². The Morgan fingerprint density at radius 1 is 1.30 bits per heavy atom. The zero-order chi connectivity index (χ0) is 19.0. The molecule has 1 amide bonds. The average molecular weight is 382 g/mol. The number of para-hydroxylation sites is 2. The number of nitrogens with one attached hydrogen (secondary N) is 1. The molecule has 0 spiro atoms. The number of hydrogen-bond acceptors (Lipinski definition) is 7. The molecule has 0 radical (unpaired) electrons. The molecule has 0 fully saturated rings. The molecular weight excluding hydrogens is 368 g/mol. The molecule has 4 aromatic rings. The molecule has 27 heavy (non-hydrogen) atoms. The second-order valence-corrected chi connectivity index (χ2v) is 6.45. The maximum absolute atomic E-state index is 12.6. The van der Waals surface area contributed by atoms with Crippen molar-refractivity contribution in [2.24, 2.45) is 0 Å². The molecule has 0 unspecified atom stereocenters. The van der Waals surface area contributed by atoms with Crippen molar-refractivity contribution in [3.63, 3.8) is 0 Å². The number of anilines is 1. The Morgan fingerprint density at radius 2 is 2.11 bits per heavy atom. The highest BCUT2D eigenvalue weighted by atomic mass is 32.1. The largest absolute Gasteiger partial charge is 0.494 e. The van der Waals surface area contributed by atoms with Crippen LogP contribution < -0.4 is 15.6 Å². The van der Waals surface area contributed by atoms with Crippen molar-refractivity contribution < 1.29 is 9.53 Å². The molecule has 0 aliphatic carbocycles. The van der Waals surface area contributed by atoms with Gasteiger partial charge in [-0.15, -0.1) is 11.3 Å². The Labute approximate surface area is 156 Å². The third-order valence-electron chi connectivity index (χ3n) is 3.86. The van der Waals surface area contributed by atoms with Gasteiger partial charge in [-0.3, -0.25) is 9.59 Å². The fourth-order valence-corrected chi connectivity index (χ4v) is 3.25. The highest BCUT2D eigenvalue weighted by Gasteiger charge is 2.15. The highest BCUT2D eigenvalue weighted by Crippen LogP contribution is 2.22. The first kappa shape index (κ1) is 16.9. The molecule has 0 aliphatic heterocycles. The Morgan fingerprint density at radius 3 is 2.93 bits per heavy atom. The van der Waals surface area contributed by atoms with Crippen molar-refractivity contribution in [1.82, 2.24) is 24.4 Å². The zero-order valence-corrected chi connectivity index (χ0v) is 15.2. The lowest BCUT2D eigenvalue weighted by Gasteiger charge is -2.07. The van der Waals surface area contributed by atoms with E-state index in [0.717, 1.165) is 5.69 Å². The van der Waals surface area contributed by atoms with Gasteiger partial charge in [-0.1, -0.05) is 12.1 Å².